The number of nitrogens with zero attached hydrogens (tertiary/aromatic N) is 2. The number of anilines is 1. The molecule has 0 radical (unpaired) electrons. The van der Waals surface area contributed by atoms with Crippen molar-refractivity contribution in [3.63, 3.8) is 0 Å². The molecule has 0 N–H and O–H groups in total. The number of halogens is 1. The summed E-state index contributed by atoms with van der Waals surface area (Å²) < 4.78 is 27.1. The highest BCUT2D eigenvalue weighted by Crippen LogP contribution is 2.28. The Bertz CT molecular complexity index is 1150. The normalized spacial score (nSPS) is 11.2. The van der Waals surface area contributed by atoms with Crippen LogP contribution < -0.4 is 4.31 Å². The Morgan fingerprint density at radius 3 is 2.20 bits per heavy atom. The Balaban J connectivity index is 1.88. The molecule has 156 valence electrons. The van der Waals surface area contributed by atoms with E-state index in [9.17, 15) is 13.2 Å². The fraction of sp³-hybridized carbons (Fsp3) is 0.174. The van der Waals surface area contributed by atoms with Crippen molar-refractivity contribution in [2.24, 2.45) is 0 Å². The van der Waals surface area contributed by atoms with Gasteiger partial charge in [-0.25, -0.2) is 8.42 Å². The molecule has 0 heterocycles. The molecule has 3 aromatic carbocycles. The molecule has 3 aromatic rings. The van der Waals surface area contributed by atoms with E-state index in [0.717, 1.165) is 15.4 Å². The number of sulfonamides is 1. The number of amides is 1. The number of hydrogen-bond donors (Lipinski definition) is 0. The molecule has 0 aliphatic carbocycles. The minimum atomic E-state index is -3.77. The number of benzene rings is 3. The van der Waals surface area contributed by atoms with Crippen LogP contribution in [0.4, 0.5) is 5.69 Å². The number of carbonyl (C=O) groups is 1. The van der Waals surface area contributed by atoms with Crippen molar-refractivity contribution < 1.29 is 13.2 Å². The van der Waals surface area contributed by atoms with Crippen molar-refractivity contribution in [1.29, 1.82) is 0 Å². The summed E-state index contributed by atoms with van der Waals surface area (Å²) in [5.41, 5.74) is 2.56. The fourth-order valence-electron chi connectivity index (χ4n) is 3.01. The van der Waals surface area contributed by atoms with Gasteiger partial charge in [-0.2, -0.15) is 0 Å². The van der Waals surface area contributed by atoms with Gasteiger partial charge in [0.25, 0.3) is 15.9 Å². The first-order valence-corrected chi connectivity index (χ1v) is 11.2. The standard InChI is InChI=1S/C23H23ClN2O3S/c1-17-9-12-20(13-10-17)30(28,29)26(3)19-11-14-22(24)21(15-19)23(27)25(2)16-18-7-5-4-6-8-18/h4-15H,16H2,1-3H3. The van der Waals surface area contributed by atoms with Crippen molar-refractivity contribution in [3.8, 4) is 0 Å². The lowest BCUT2D eigenvalue weighted by Gasteiger charge is -2.22. The van der Waals surface area contributed by atoms with E-state index in [-0.39, 0.29) is 21.4 Å². The molecule has 30 heavy (non-hydrogen) atoms. The van der Waals surface area contributed by atoms with Crippen LogP contribution >= 0.6 is 11.6 Å². The summed E-state index contributed by atoms with van der Waals surface area (Å²) in [5.74, 6) is -0.285. The van der Waals surface area contributed by atoms with E-state index in [1.54, 1.807) is 48.3 Å². The van der Waals surface area contributed by atoms with Crippen molar-refractivity contribution in [2.75, 3.05) is 18.4 Å². The van der Waals surface area contributed by atoms with Crippen LogP contribution in [0.2, 0.25) is 5.02 Å². The minimum absolute atomic E-state index is 0.180. The molecule has 0 unspecified atom stereocenters. The number of rotatable bonds is 6. The van der Waals surface area contributed by atoms with Crippen LogP contribution in [0.5, 0.6) is 0 Å². The average molecular weight is 443 g/mol. The first-order chi connectivity index (χ1) is 14.2. The zero-order valence-corrected chi connectivity index (χ0v) is 18.6. The fourth-order valence-corrected chi connectivity index (χ4v) is 4.40. The molecule has 0 saturated heterocycles. The molecule has 0 aromatic heterocycles. The summed E-state index contributed by atoms with van der Waals surface area (Å²) in [5, 5.41) is 0.268. The van der Waals surface area contributed by atoms with Crippen LogP contribution in [-0.4, -0.2) is 33.3 Å². The molecule has 0 spiro atoms. The maximum absolute atomic E-state index is 13.0. The minimum Gasteiger partial charge on any atom is -0.337 e. The number of aryl methyl sites for hydroxylation is 1. The number of hydrogen-bond acceptors (Lipinski definition) is 3. The van der Waals surface area contributed by atoms with E-state index in [4.69, 9.17) is 11.6 Å². The maximum Gasteiger partial charge on any atom is 0.264 e. The molecule has 3 rings (SSSR count). The molecule has 0 saturated carbocycles. The third-order valence-corrected chi connectivity index (χ3v) is 6.96. The second-order valence-electron chi connectivity index (χ2n) is 7.10. The predicted octanol–water partition coefficient (Wildman–Crippen LogP) is 4.75. The van der Waals surface area contributed by atoms with Gasteiger partial charge < -0.3 is 4.90 Å². The third kappa shape index (κ3) is 4.66. The first kappa shape index (κ1) is 21.9. The van der Waals surface area contributed by atoms with Crippen molar-refractivity contribution in [2.45, 2.75) is 18.4 Å². The monoisotopic (exact) mass is 442 g/mol. The molecule has 5 nitrogen and oxygen atoms in total. The Morgan fingerprint density at radius 2 is 1.57 bits per heavy atom. The van der Waals surface area contributed by atoms with Gasteiger partial charge in [-0.05, 0) is 42.8 Å². The van der Waals surface area contributed by atoms with Gasteiger partial charge >= 0.3 is 0 Å². The SMILES string of the molecule is Cc1ccc(S(=O)(=O)N(C)c2ccc(Cl)c(C(=O)N(C)Cc3ccccc3)c2)cc1. The van der Waals surface area contributed by atoms with Gasteiger partial charge in [0.1, 0.15) is 0 Å². The summed E-state index contributed by atoms with van der Waals surface area (Å²) >= 11 is 6.28. The average Bonchev–Trinajstić information content (AvgIpc) is 2.74. The quantitative estimate of drug-likeness (QED) is 0.553. The molecule has 0 aliphatic heterocycles. The second kappa shape index (κ2) is 8.90. The highest BCUT2D eigenvalue weighted by molar-refractivity contribution is 7.92. The topological polar surface area (TPSA) is 57.7 Å². The molecule has 0 bridgehead atoms. The summed E-state index contributed by atoms with van der Waals surface area (Å²) in [7, 11) is -0.623. The highest BCUT2D eigenvalue weighted by Gasteiger charge is 2.23. The van der Waals surface area contributed by atoms with Crippen LogP contribution in [0.3, 0.4) is 0 Å². The Kier molecular flexibility index (Phi) is 6.48. The van der Waals surface area contributed by atoms with E-state index >= 15 is 0 Å². The summed E-state index contributed by atoms with van der Waals surface area (Å²) in [6, 6.07) is 20.9. The lowest BCUT2D eigenvalue weighted by molar-refractivity contribution is 0.0785. The Morgan fingerprint density at radius 1 is 0.933 bits per heavy atom. The molecule has 7 heteroatoms. The van der Waals surface area contributed by atoms with Gasteiger partial charge in [0.15, 0.2) is 0 Å². The van der Waals surface area contributed by atoms with Crippen molar-refractivity contribution in [1.82, 2.24) is 4.90 Å². The van der Waals surface area contributed by atoms with Crippen LogP contribution in [0.1, 0.15) is 21.5 Å². The highest BCUT2D eigenvalue weighted by atomic mass is 35.5. The summed E-state index contributed by atoms with van der Waals surface area (Å²) in [4.78, 5) is 14.7. The van der Waals surface area contributed by atoms with Crippen LogP contribution in [0.25, 0.3) is 0 Å². The van der Waals surface area contributed by atoms with Gasteiger partial charge in [-0.15, -0.1) is 0 Å². The zero-order chi connectivity index (χ0) is 21.9. The van der Waals surface area contributed by atoms with E-state index in [1.165, 1.54) is 13.1 Å². The molecule has 0 aliphatic rings. The van der Waals surface area contributed by atoms with Gasteiger partial charge in [-0.1, -0.05) is 59.6 Å². The van der Waals surface area contributed by atoms with E-state index in [2.05, 4.69) is 0 Å². The van der Waals surface area contributed by atoms with Gasteiger partial charge in [0.2, 0.25) is 0 Å². The van der Waals surface area contributed by atoms with E-state index < -0.39 is 10.0 Å². The van der Waals surface area contributed by atoms with Crippen molar-refractivity contribution >= 4 is 33.2 Å². The van der Waals surface area contributed by atoms with Gasteiger partial charge in [-0.3, -0.25) is 9.10 Å². The summed E-state index contributed by atoms with van der Waals surface area (Å²) in [6.45, 7) is 2.31. The first-order valence-electron chi connectivity index (χ1n) is 9.34. The third-order valence-electron chi connectivity index (χ3n) is 4.83. The second-order valence-corrected chi connectivity index (χ2v) is 9.47. The van der Waals surface area contributed by atoms with Gasteiger partial charge in [0.05, 0.1) is 21.2 Å². The van der Waals surface area contributed by atoms with Crippen molar-refractivity contribution in [3.05, 3.63) is 94.5 Å². The Hall–Kier alpha value is -2.83. The Labute approximate surface area is 182 Å². The smallest absolute Gasteiger partial charge is 0.264 e. The molecular weight excluding hydrogens is 420 g/mol. The van der Waals surface area contributed by atoms with Crippen LogP contribution in [0, 0.1) is 6.92 Å². The lowest BCUT2D eigenvalue weighted by Crippen LogP contribution is -2.28. The summed E-state index contributed by atoms with van der Waals surface area (Å²) in [6.07, 6.45) is 0. The van der Waals surface area contributed by atoms with Crippen LogP contribution in [-0.2, 0) is 16.6 Å². The van der Waals surface area contributed by atoms with E-state index in [1.807, 2.05) is 37.3 Å². The van der Waals surface area contributed by atoms with E-state index in [0.29, 0.717) is 12.2 Å². The molecule has 0 fully saturated rings. The lowest BCUT2D eigenvalue weighted by atomic mass is 10.1. The van der Waals surface area contributed by atoms with Crippen LogP contribution in [0.15, 0.2) is 77.7 Å². The zero-order valence-electron chi connectivity index (χ0n) is 17.0. The molecule has 0 atom stereocenters. The van der Waals surface area contributed by atoms with Gasteiger partial charge in [0, 0.05) is 20.6 Å². The largest absolute Gasteiger partial charge is 0.337 e. The maximum atomic E-state index is 13.0. The molecule has 1 amide bonds. The molecular formula is C23H23ClN2O3S. The predicted molar refractivity (Wildman–Crippen MR) is 120 cm³/mol. The number of carbonyl (C=O) groups excluding carboxylic acids is 1.